The summed E-state index contributed by atoms with van der Waals surface area (Å²) in [6, 6.07) is 4.73. The number of aliphatic hydroxyl groups is 1. The summed E-state index contributed by atoms with van der Waals surface area (Å²) in [5.74, 6) is -1.01. The number of amides is 3. The number of nitrogens with one attached hydrogen (secondary N) is 2. The molecule has 1 aromatic rings. The van der Waals surface area contributed by atoms with Gasteiger partial charge in [0.15, 0.2) is 0 Å². The van der Waals surface area contributed by atoms with Crippen LogP contribution >= 0.6 is 0 Å². The van der Waals surface area contributed by atoms with Crippen molar-refractivity contribution in [2.75, 3.05) is 13.2 Å². The second kappa shape index (κ2) is 13.5. The van der Waals surface area contributed by atoms with E-state index in [2.05, 4.69) is 23.8 Å². The van der Waals surface area contributed by atoms with E-state index in [1.54, 1.807) is 45.0 Å². The smallest absolute Gasteiger partial charge is 0.408 e. The summed E-state index contributed by atoms with van der Waals surface area (Å²) < 4.78 is 5.22. The Labute approximate surface area is 203 Å². The van der Waals surface area contributed by atoms with Crippen LogP contribution in [-0.2, 0) is 14.3 Å². The van der Waals surface area contributed by atoms with Gasteiger partial charge in [-0.25, -0.2) is 4.79 Å². The Hall–Kier alpha value is -3.13. The molecule has 3 unspecified atom stereocenters. The van der Waals surface area contributed by atoms with Crippen molar-refractivity contribution in [1.82, 2.24) is 15.5 Å². The summed E-state index contributed by atoms with van der Waals surface area (Å²) in [7, 11) is 0. The lowest BCUT2D eigenvalue weighted by molar-refractivity contribution is -0.142. The van der Waals surface area contributed by atoms with Gasteiger partial charge in [0, 0.05) is 12.6 Å². The number of carbonyl (C=O) groups is 3. The van der Waals surface area contributed by atoms with E-state index in [-0.39, 0.29) is 18.5 Å². The van der Waals surface area contributed by atoms with Gasteiger partial charge in [0.25, 0.3) is 0 Å². The number of ether oxygens (including phenoxy) is 1. The van der Waals surface area contributed by atoms with Crippen LogP contribution in [0, 0.1) is 0 Å². The minimum atomic E-state index is -1.30. The van der Waals surface area contributed by atoms with Crippen LogP contribution in [0.3, 0.4) is 0 Å². The van der Waals surface area contributed by atoms with Gasteiger partial charge in [-0.05, 0) is 51.3 Å². The number of hydrogen-bond donors (Lipinski definition) is 3. The molecule has 0 aliphatic heterocycles. The van der Waals surface area contributed by atoms with E-state index >= 15 is 0 Å². The molecule has 1 rings (SSSR count). The molecule has 3 amide bonds. The lowest BCUT2D eigenvalue weighted by Gasteiger charge is -2.34. The molecular formula is C26H39N3O5. The summed E-state index contributed by atoms with van der Waals surface area (Å²) in [5.41, 5.74) is 0.577. The maximum absolute atomic E-state index is 13.5. The van der Waals surface area contributed by atoms with Crippen molar-refractivity contribution < 1.29 is 24.2 Å². The summed E-state index contributed by atoms with van der Waals surface area (Å²) >= 11 is 0. The normalized spacial score (nSPS) is 13.7. The number of carbonyl (C=O) groups excluding carboxylic acids is 3. The van der Waals surface area contributed by atoms with Gasteiger partial charge in [-0.1, -0.05) is 50.3 Å². The molecule has 0 aliphatic carbocycles. The van der Waals surface area contributed by atoms with Crippen molar-refractivity contribution in [3.8, 4) is 0 Å². The highest BCUT2D eigenvalue weighted by atomic mass is 16.6. The zero-order valence-corrected chi connectivity index (χ0v) is 21.0. The fraction of sp³-hybridized carbons (Fsp3) is 0.500. The van der Waals surface area contributed by atoms with Crippen LogP contribution in [0.15, 0.2) is 43.5 Å². The Balaban J connectivity index is 3.39. The molecule has 0 fully saturated rings. The molecule has 8 nitrogen and oxygen atoms in total. The van der Waals surface area contributed by atoms with Gasteiger partial charge in [-0.15, -0.1) is 6.58 Å². The molecule has 188 valence electrons. The lowest BCUT2D eigenvalue weighted by atomic mass is 10.00. The average Bonchev–Trinajstić information content (AvgIpc) is 2.75. The standard InChI is InChI=1S/C26H39N3O5/c1-8-12-18(4)27-23(31)22(20-14-11-13-19(10-3)16-20)29(15-9-2)24(32)21(17-30)28-25(33)34-26(5,6)7/h9-11,13-14,16,18,21-22,30H,2-3,8,12,15,17H2,1,4-7H3,(H,27,31)(H,28,33). The minimum Gasteiger partial charge on any atom is -0.444 e. The predicted octanol–water partition coefficient (Wildman–Crippen LogP) is 3.58. The summed E-state index contributed by atoms with van der Waals surface area (Å²) in [4.78, 5) is 40.5. The van der Waals surface area contributed by atoms with Crippen LogP contribution in [-0.4, -0.2) is 58.8 Å². The van der Waals surface area contributed by atoms with E-state index in [1.165, 1.54) is 11.0 Å². The predicted molar refractivity (Wildman–Crippen MR) is 134 cm³/mol. The molecule has 8 heteroatoms. The first kappa shape index (κ1) is 28.9. The van der Waals surface area contributed by atoms with Crippen LogP contribution in [0.4, 0.5) is 4.79 Å². The zero-order valence-electron chi connectivity index (χ0n) is 21.0. The first-order valence-electron chi connectivity index (χ1n) is 11.5. The largest absolute Gasteiger partial charge is 0.444 e. The number of nitrogens with zero attached hydrogens (tertiary/aromatic N) is 1. The highest BCUT2D eigenvalue weighted by molar-refractivity contribution is 5.92. The number of aliphatic hydroxyl groups excluding tert-OH is 1. The van der Waals surface area contributed by atoms with Crippen LogP contribution in [0.1, 0.15) is 64.6 Å². The Bertz CT molecular complexity index is 862. The molecule has 3 N–H and O–H groups in total. The van der Waals surface area contributed by atoms with Gasteiger partial charge in [-0.2, -0.15) is 0 Å². The second-order valence-electron chi connectivity index (χ2n) is 9.14. The monoisotopic (exact) mass is 473 g/mol. The van der Waals surface area contributed by atoms with Crippen molar-refractivity contribution in [3.63, 3.8) is 0 Å². The molecule has 3 atom stereocenters. The van der Waals surface area contributed by atoms with Gasteiger partial charge in [0.05, 0.1) is 6.61 Å². The minimum absolute atomic E-state index is 0.0178. The molecule has 0 aromatic heterocycles. The van der Waals surface area contributed by atoms with E-state index in [9.17, 15) is 19.5 Å². The number of alkyl carbamates (subject to hydrolysis) is 1. The van der Waals surface area contributed by atoms with Crippen LogP contribution < -0.4 is 10.6 Å². The summed E-state index contributed by atoms with van der Waals surface area (Å²) in [6.45, 7) is 15.8. The summed E-state index contributed by atoms with van der Waals surface area (Å²) in [5, 5.41) is 15.3. The molecule has 0 heterocycles. The summed E-state index contributed by atoms with van der Waals surface area (Å²) in [6.07, 6.45) is 3.97. The molecule has 0 radical (unpaired) electrons. The van der Waals surface area contributed by atoms with Crippen LogP contribution in [0.2, 0.25) is 0 Å². The highest BCUT2D eigenvalue weighted by Gasteiger charge is 2.36. The van der Waals surface area contributed by atoms with E-state index in [0.29, 0.717) is 5.56 Å². The van der Waals surface area contributed by atoms with Gasteiger partial charge < -0.3 is 25.4 Å². The molecule has 34 heavy (non-hydrogen) atoms. The van der Waals surface area contributed by atoms with Crippen molar-refractivity contribution in [1.29, 1.82) is 0 Å². The zero-order chi connectivity index (χ0) is 25.9. The fourth-order valence-electron chi connectivity index (χ4n) is 3.45. The Morgan fingerprint density at radius 3 is 2.41 bits per heavy atom. The van der Waals surface area contributed by atoms with E-state index in [0.717, 1.165) is 18.4 Å². The number of benzene rings is 1. The van der Waals surface area contributed by atoms with Crippen molar-refractivity contribution in [2.45, 2.75) is 71.2 Å². The third-order valence-electron chi connectivity index (χ3n) is 4.91. The van der Waals surface area contributed by atoms with E-state index < -0.39 is 36.3 Å². The molecule has 0 saturated heterocycles. The van der Waals surface area contributed by atoms with E-state index in [1.807, 2.05) is 19.9 Å². The van der Waals surface area contributed by atoms with Gasteiger partial charge in [-0.3, -0.25) is 9.59 Å². The van der Waals surface area contributed by atoms with Crippen molar-refractivity contribution >= 4 is 24.0 Å². The third kappa shape index (κ3) is 9.02. The molecule has 0 bridgehead atoms. The highest BCUT2D eigenvalue weighted by Crippen LogP contribution is 2.24. The quantitative estimate of drug-likeness (QED) is 0.402. The van der Waals surface area contributed by atoms with Gasteiger partial charge >= 0.3 is 6.09 Å². The number of rotatable bonds is 12. The maximum atomic E-state index is 13.5. The van der Waals surface area contributed by atoms with Crippen molar-refractivity contribution in [3.05, 3.63) is 54.6 Å². The van der Waals surface area contributed by atoms with Gasteiger partial charge in [0.2, 0.25) is 11.8 Å². The molecule has 0 aliphatic rings. The fourth-order valence-corrected chi connectivity index (χ4v) is 3.45. The Morgan fingerprint density at radius 1 is 1.21 bits per heavy atom. The van der Waals surface area contributed by atoms with Gasteiger partial charge in [0.1, 0.15) is 17.7 Å². The lowest BCUT2D eigenvalue weighted by Crippen LogP contribution is -2.54. The molecule has 0 saturated carbocycles. The second-order valence-corrected chi connectivity index (χ2v) is 9.14. The first-order chi connectivity index (χ1) is 16.0. The average molecular weight is 474 g/mol. The molecule has 0 spiro atoms. The third-order valence-corrected chi connectivity index (χ3v) is 4.91. The SMILES string of the molecule is C=CCN(C(=O)C(CO)NC(=O)OC(C)(C)C)C(C(=O)NC(C)CCC)c1cccc(C=C)c1. The van der Waals surface area contributed by atoms with Crippen LogP contribution in [0.25, 0.3) is 6.08 Å². The van der Waals surface area contributed by atoms with Crippen LogP contribution in [0.5, 0.6) is 0 Å². The Morgan fingerprint density at radius 2 is 1.88 bits per heavy atom. The van der Waals surface area contributed by atoms with E-state index in [4.69, 9.17) is 4.74 Å². The number of hydrogen-bond acceptors (Lipinski definition) is 5. The van der Waals surface area contributed by atoms with Crippen molar-refractivity contribution in [2.24, 2.45) is 0 Å². The maximum Gasteiger partial charge on any atom is 0.408 e. The first-order valence-corrected chi connectivity index (χ1v) is 11.5. The Kier molecular flexibility index (Phi) is 11.5. The topological polar surface area (TPSA) is 108 Å². The molecular weight excluding hydrogens is 434 g/mol. The molecule has 1 aromatic carbocycles.